The summed E-state index contributed by atoms with van der Waals surface area (Å²) in [4.78, 5) is 34.3. The van der Waals surface area contributed by atoms with Gasteiger partial charge in [0.2, 0.25) is 5.91 Å². The normalized spacial score (nSPS) is 24.1. The molecule has 0 aromatic heterocycles. The van der Waals surface area contributed by atoms with Gasteiger partial charge in [-0.25, -0.2) is 9.59 Å². The van der Waals surface area contributed by atoms with Gasteiger partial charge in [0.05, 0.1) is 14.2 Å². The van der Waals surface area contributed by atoms with E-state index in [0.29, 0.717) is 0 Å². The van der Waals surface area contributed by atoms with Crippen LogP contribution in [0.3, 0.4) is 0 Å². The largest absolute Gasteiger partial charge is 0.467 e. The zero-order valence-electron chi connectivity index (χ0n) is 8.14. The van der Waals surface area contributed by atoms with E-state index in [4.69, 9.17) is 0 Å². The number of esters is 2. The van der Waals surface area contributed by atoms with Crippen LogP contribution < -0.4 is 0 Å². The molecule has 78 valence electrons. The van der Waals surface area contributed by atoms with E-state index in [9.17, 15) is 14.4 Å². The Hall–Kier alpha value is -1.59. The molecule has 1 amide bonds. The molecule has 0 spiro atoms. The maximum absolute atomic E-state index is 11.1. The molecule has 0 N–H and O–H groups in total. The number of methoxy groups -OCH3 is 2. The summed E-state index contributed by atoms with van der Waals surface area (Å²) < 4.78 is 8.88. The van der Waals surface area contributed by atoms with Crippen LogP contribution in [-0.4, -0.2) is 49.0 Å². The summed E-state index contributed by atoms with van der Waals surface area (Å²) in [5.41, 5.74) is 0. The minimum absolute atomic E-state index is 0.351. The third-order valence-corrected chi connectivity index (χ3v) is 2.06. The maximum atomic E-state index is 11.1. The number of nitrogens with zero attached hydrogens (tertiary/aromatic N) is 1. The van der Waals surface area contributed by atoms with Crippen LogP contribution in [0.1, 0.15) is 6.92 Å². The summed E-state index contributed by atoms with van der Waals surface area (Å²) >= 11 is 0. The Morgan fingerprint density at radius 3 is 1.57 bits per heavy atom. The lowest BCUT2D eigenvalue weighted by molar-refractivity contribution is -0.144. The minimum atomic E-state index is -0.815. The Labute approximate surface area is 80.8 Å². The van der Waals surface area contributed by atoms with Crippen molar-refractivity contribution in [2.45, 2.75) is 19.0 Å². The van der Waals surface area contributed by atoms with E-state index in [1.807, 2.05) is 0 Å². The predicted octanol–water partition coefficient (Wildman–Crippen LogP) is -1.07. The van der Waals surface area contributed by atoms with E-state index < -0.39 is 24.0 Å². The van der Waals surface area contributed by atoms with Gasteiger partial charge in [0.1, 0.15) is 0 Å². The summed E-state index contributed by atoms with van der Waals surface area (Å²) in [6.45, 7) is 1.28. The molecule has 1 heterocycles. The zero-order valence-corrected chi connectivity index (χ0v) is 8.14. The van der Waals surface area contributed by atoms with Crippen LogP contribution in [0, 0.1) is 0 Å². The molecule has 1 fully saturated rings. The molecule has 0 unspecified atom stereocenters. The van der Waals surface area contributed by atoms with E-state index in [2.05, 4.69) is 9.47 Å². The minimum Gasteiger partial charge on any atom is -0.467 e. The van der Waals surface area contributed by atoms with E-state index in [-0.39, 0.29) is 5.91 Å². The standard InChI is InChI=1S/C8H11NO5/c1-4(10)9-5(7(11)13-2)6(9)8(12)14-3/h5-6H,1-3H3/t5-,6-/m0/s1. The van der Waals surface area contributed by atoms with Gasteiger partial charge in [-0.1, -0.05) is 0 Å². The van der Waals surface area contributed by atoms with Crippen molar-refractivity contribution in [2.24, 2.45) is 0 Å². The second-order valence-electron chi connectivity index (χ2n) is 2.86. The van der Waals surface area contributed by atoms with Crippen molar-refractivity contribution in [2.75, 3.05) is 14.2 Å². The summed E-state index contributed by atoms with van der Waals surface area (Å²) in [5, 5.41) is 0. The van der Waals surface area contributed by atoms with Crippen molar-refractivity contribution in [3.05, 3.63) is 0 Å². The lowest BCUT2D eigenvalue weighted by Gasteiger charge is -1.96. The zero-order chi connectivity index (χ0) is 10.9. The van der Waals surface area contributed by atoms with Crippen molar-refractivity contribution in [1.29, 1.82) is 0 Å². The lowest BCUT2D eigenvalue weighted by Crippen LogP contribution is -2.18. The van der Waals surface area contributed by atoms with Crippen LogP contribution in [0.5, 0.6) is 0 Å². The number of ether oxygens (including phenoxy) is 2. The number of amides is 1. The van der Waals surface area contributed by atoms with Gasteiger partial charge in [0, 0.05) is 6.92 Å². The first-order chi connectivity index (χ1) is 6.54. The SMILES string of the molecule is COC(=O)[C@@H]1[C@@H](C(=O)OC)N1C(C)=O. The molecule has 1 aliphatic rings. The Morgan fingerprint density at radius 1 is 1.00 bits per heavy atom. The Balaban J connectivity index is 2.73. The van der Waals surface area contributed by atoms with Crippen LogP contribution >= 0.6 is 0 Å². The van der Waals surface area contributed by atoms with Gasteiger partial charge >= 0.3 is 11.9 Å². The fourth-order valence-corrected chi connectivity index (χ4v) is 1.35. The summed E-state index contributed by atoms with van der Waals surface area (Å²) in [7, 11) is 2.40. The van der Waals surface area contributed by atoms with Crippen molar-refractivity contribution in [1.82, 2.24) is 4.90 Å². The van der Waals surface area contributed by atoms with Crippen molar-refractivity contribution < 1.29 is 23.9 Å². The van der Waals surface area contributed by atoms with Gasteiger partial charge < -0.3 is 14.4 Å². The lowest BCUT2D eigenvalue weighted by atomic mass is 10.3. The topological polar surface area (TPSA) is 72.7 Å². The summed E-state index contributed by atoms with van der Waals surface area (Å²) in [6.07, 6.45) is 0. The number of rotatable bonds is 2. The first-order valence-electron chi connectivity index (χ1n) is 3.99. The molecule has 6 nitrogen and oxygen atoms in total. The fraction of sp³-hybridized carbons (Fsp3) is 0.625. The highest BCUT2D eigenvalue weighted by Crippen LogP contribution is 2.30. The van der Waals surface area contributed by atoms with Gasteiger partial charge in [-0.3, -0.25) is 4.79 Å². The van der Waals surface area contributed by atoms with E-state index in [1.165, 1.54) is 21.1 Å². The molecule has 0 bridgehead atoms. The van der Waals surface area contributed by atoms with E-state index >= 15 is 0 Å². The Kier molecular flexibility index (Phi) is 2.73. The molecule has 1 aliphatic heterocycles. The van der Waals surface area contributed by atoms with Gasteiger partial charge in [-0.05, 0) is 0 Å². The Morgan fingerprint density at radius 2 is 1.36 bits per heavy atom. The van der Waals surface area contributed by atoms with Crippen molar-refractivity contribution in [3.63, 3.8) is 0 Å². The molecule has 6 heteroatoms. The molecule has 2 atom stereocenters. The van der Waals surface area contributed by atoms with Crippen LogP contribution in [-0.2, 0) is 23.9 Å². The number of hydrogen-bond acceptors (Lipinski definition) is 5. The Bertz CT molecular complexity index is 265. The smallest absolute Gasteiger partial charge is 0.331 e. The highest BCUT2D eigenvalue weighted by Gasteiger charge is 2.60. The molecular formula is C8H11NO5. The van der Waals surface area contributed by atoms with E-state index in [1.54, 1.807) is 0 Å². The van der Waals surface area contributed by atoms with Crippen molar-refractivity contribution in [3.8, 4) is 0 Å². The molecule has 14 heavy (non-hydrogen) atoms. The van der Waals surface area contributed by atoms with Crippen LogP contribution in [0.4, 0.5) is 0 Å². The van der Waals surface area contributed by atoms with Crippen LogP contribution in [0.25, 0.3) is 0 Å². The van der Waals surface area contributed by atoms with Crippen LogP contribution in [0.15, 0.2) is 0 Å². The number of carbonyl (C=O) groups is 3. The average molecular weight is 201 g/mol. The molecular weight excluding hydrogens is 190 g/mol. The monoisotopic (exact) mass is 201 g/mol. The predicted molar refractivity (Wildman–Crippen MR) is 44.1 cm³/mol. The average Bonchev–Trinajstić information content (AvgIpc) is 2.90. The highest BCUT2D eigenvalue weighted by molar-refractivity contribution is 6.00. The maximum Gasteiger partial charge on any atom is 0.331 e. The quantitative estimate of drug-likeness (QED) is 0.420. The number of hydrogen-bond donors (Lipinski definition) is 0. The molecule has 0 aliphatic carbocycles. The highest BCUT2D eigenvalue weighted by atomic mass is 16.5. The molecule has 1 saturated heterocycles. The molecule has 1 rings (SSSR count). The molecule has 0 aromatic rings. The van der Waals surface area contributed by atoms with Crippen molar-refractivity contribution >= 4 is 17.8 Å². The number of carbonyl (C=O) groups excluding carboxylic acids is 3. The fourth-order valence-electron chi connectivity index (χ4n) is 1.35. The van der Waals surface area contributed by atoms with E-state index in [0.717, 1.165) is 4.90 Å². The van der Waals surface area contributed by atoms with Gasteiger partial charge in [-0.15, -0.1) is 0 Å². The third-order valence-electron chi connectivity index (χ3n) is 2.06. The molecule has 0 radical (unpaired) electrons. The van der Waals surface area contributed by atoms with Gasteiger partial charge in [-0.2, -0.15) is 0 Å². The molecule has 0 aromatic carbocycles. The first kappa shape index (κ1) is 10.5. The first-order valence-corrected chi connectivity index (χ1v) is 3.99. The summed E-state index contributed by atoms with van der Waals surface area (Å²) in [5.74, 6) is -1.55. The van der Waals surface area contributed by atoms with Crippen LogP contribution in [0.2, 0.25) is 0 Å². The third kappa shape index (κ3) is 1.55. The second kappa shape index (κ2) is 3.65. The van der Waals surface area contributed by atoms with Gasteiger partial charge in [0.15, 0.2) is 12.1 Å². The summed E-state index contributed by atoms with van der Waals surface area (Å²) in [6, 6.07) is -1.63. The second-order valence-corrected chi connectivity index (χ2v) is 2.86. The van der Waals surface area contributed by atoms with Gasteiger partial charge in [0.25, 0.3) is 0 Å². The molecule has 0 saturated carbocycles.